The second-order valence-electron chi connectivity index (χ2n) is 6.96. The Morgan fingerprint density at radius 1 is 1.33 bits per heavy atom. The van der Waals surface area contributed by atoms with E-state index in [0.29, 0.717) is 18.1 Å². The quantitative estimate of drug-likeness (QED) is 0.796. The van der Waals surface area contributed by atoms with Crippen LogP contribution in [0.4, 0.5) is 10.5 Å². The SMILES string of the molecule is CC[C@@](C)(CNC(=O)Nc1cccc(-c2nnnn2C)c1)N1CCOCC1. The summed E-state index contributed by atoms with van der Waals surface area (Å²) in [4.78, 5) is 14.8. The molecule has 3 rings (SSSR count). The van der Waals surface area contributed by atoms with Crippen LogP contribution in [-0.2, 0) is 11.8 Å². The molecule has 0 radical (unpaired) electrons. The van der Waals surface area contributed by atoms with Gasteiger partial charge in [0.2, 0.25) is 0 Å². The van der Waals surface area contributed by atoms with Gasteiger partial charge in [-0.1, -0.05) is 19.1 Å². The van der Waals surface area contributed by atoms with E-state index in [-0.39, 0.29) is 11.6 Å². The average molecular weight is 373 g/mol. The van der Waals surface area contributed by atoms with Crippen LogP contribution in [0.3, 0.4) is 0 Å². The van der Waals surface area contributed by atoms with Gasteiger partial charge in [0, 0.05) is 43.5 Å². The summed E-state index contributed by atoms with van der Waals surface area (Å²) in [6.45, 7) is 8.16. The van der Waals surface area contributed by atoms with Crippen molar-refractivity contribution in [2.24, 2.45) is 7.05 Å². The Kier molecular flexibility index (Phi) is 6.02. The van der Waals surface area contributed by atoms with E-state index in [4.69, 9.17) is 4.74 Å². The van der Waals surface area contributed by atoms with Crippen LogP contribution in [0, 0.1) is 0 Å². The number of aromatic nitrogens is 4. The highest BCUT2D eigenvalue weighted by atomic mass is 16.5. The van der Waals surface area contributed by atoms with E-state index in [1.165, 1.54) is 0 Å². The Morgan fingerprint density at radius 3 is 2.78 bits per heavy atom. The minimum Gasteiger partial charge on any atom is -0.379 e. The Hall–Kier alpha value is -2.52. The van der Waals surface area contributed by atoms with E-state index in [1.807, 2.05) is 24.3 Å². The van der Waals surface area contributed by atoms with Crippen LogP contribution < -0.4 is 10.6 Å². The smallest absolute Gasteiger partial charge is 0.319 e. The number of carbonyl (C=O) groups excluding carboxylic acids is 1. The van der Waals surface area contributed by atoms with Crippen LogP contribution >= 0.6 is 0 Å². The van der Waals surface area contributed by atoms with Gasteiger partial charge in [0.15, 0.2) is 5.82 Å². The maximum absolute atomic E-state index is 12.4. The van der Waals surface area contributed by atoms with Gasteiger partial charge in [0.25, 0.3) is 0 Å². The monoisotopic (exact) mass is 373 g/mol. The van der Waals surface area contributed by atoms with Gasteiger partial charge in [0.05, 0.1) is 13.2 Å². The topological polar surface area (TPSA) is 97.2 Å². The lowest BCUT2D eigenvalue weighted by atomic mass is 9.95. The number of tetrazole rings is 1. The minimum atomic E-state index is -0.226. The van der Waals surface area contributed by atoms with Crippen molar-refractivity contribution in [3.63, 3.8) is 0 Å². The zero-order valence-corrected chi connectivity index (χ0v) is 16.1. The number of aryl methyl sites for hydroxylation is 1. The number of ether oxygens (including phenoxy) is 1. The predicted molar refractivity (Wildman–Crippen MR) is 102 cm³/mol. The van der Waals surface area contributed by atoms with Crippen molar-refractivity contribution in [2.45, 2.75) is 25.8 Å². The maximum Gasteiger partial charge on any atom is 0.319 e. The molecule has 0 saturated carbocycles. The molecule has 146 valence electrons. The molecule has 1 atom stereocenters. The number of hydrogen-bond donors (Lipinski definition) is 2. The molecule has 1 aromatic carbocycles. The van der Waals surface area contributed by atoms with Crippen LogP contribution in [0.15, 0.2) is 24.3 Å². The van der Waals surface area contributed by atoms with E-state index < -0.39 is 0 Å². The number of nitrogens with zero attached hydrogens (tertiary/aromatic N) is 5. The molecule has 2 amide bonds. The maximum atomic E-state index is 12.4. The number of urea groups is 1. The first-order valence-corrected chi connectivity index (χ1v) is 9.22. The fourth-order valence-electron chi connectivity index (χ4n) is 3.22. The van der Waals surface area contributed by atoms with Crippen molar-refractivity contribution in [1.29, 1.82) is 0 Å². The lowest BCUT2D eigenvalue weighted by Crippen LogP contribution is -2.57. The summed E-state index contributed by atoms with van der Waals surface area (Å²) >= 11 is 0. The van der Waals surface area contributed by atoms with Crippen LogP contribution in [0.25, 0.3) is 11.4 Å². The molecule has 2 N–H and O–H groups in total. The normalized spacial score (nSPS) is 17.3. The summed E-state index contributed by atoms with van der Waals surface area (Å²) in [6.07, 6.45) is 0.946. The molecule has 1 aliphatic rings. The van der Waals surface area contributed by atoms with Gasteiger partial charge in [-0.3, -0.25) is 4.90 Å². The zero-order chi connectivity index (χ0) is 19.3. The van der Waals surface area contributed by atoms with Crippen molar-refractivity contribution in [1.82, 2.24) is 30.4 Å². The molecule has 0 aliphatic carbocycles. The van der Waals surface area contributed by atoms with Crippen LogP contribution in [0.1, 0.15) is 20.3 Å². The van der Waals surface area contributed by atoms with Crippen LogP contribution in [-0.4, -0.2) is 69.5 Å². The average Bonchev–Trinajstić information content (AvgIpc) is 3.13. The molecule has 9 heteroatoms. The highest BCUT2D eigenvalue weighted by molar-refractivity contribution is 5.90. The van der Waals surface area contributed by atoms with Crippen LogP contribution in [0.2, 0.25) is 0 Å². The third kappa shape index (κ3) is 4.61. The van der Waals surface area contributed by atoms with E-state index in [1.54, 1.807) is 11.7 Å². The van der Waals surface area contributed by atoms with Crippen molar-refractivity contribution < 1.29 is 9.53 Å². The standard InChI is InChI=1S/C18H27N7O2/c1-4-18(2,25-8-10-27-11-9-25)13-19-17(26)20-15-7-5-6-14(12-15)16-21-22-23-24(16)3/h5-7,12H,4,8-11,13H2,1-3H3,(H2,19,20,26)/t18-/m0/s1. The van der Waals surface area contributed by atoms with Gasteiger partial charge in [-0.15, -0.1) is 5.10 Å². The summed E-state index contributed by atoms with van der Waals surface area (Å²) in [5.41, 5.74) is 1.44. The summed E-state index contributed by atoms with van der Waals surface area (Å²) in [5, 5.41) is 17.4. The molecular weight excluding hydrogens is 346 g/mol. The molecule has 0 spiro atoms. The Labute approximate surface area is 159 Å². The molecule has 0 unspecified atom stereocenters. The number of morpholine rings is 1. The molecule has 2 aromatic rings. The molecular formula is C18H27N7O2. The third-order valence-electron chi connectivity index (χ3n) is 5.16. The molecule has 2 heterocycles. The van der Waals surface area contributed by atoms with Gasteiger partial charge in [-0.05, 0) is 35.9 Å². The number of benzene rings is 1. The van der Waals surface area contributed by atoms with Gasteiger partial charge in [0.1, 0.15) is 0 Å². The summed E-state index contributed by atoms with van der Waals surface area (Å²) in [6, 6.07) is 7.24. The highest BCUT2D eigenvalue weighted by Gasteiger charge is 2.31. The Balaban J connectivity index is 1.60. The Bertz CT molecular complexity index is 773. The fraction of sp³-hybridized carbons (Fsp3) is 0.556. The number of anilines is 1. The number of hydrogen-bond acceptors (Lipinski definition) is 6. The van der Waals surface area contributed by atoms with Crippen molar-refractivity contribution in [2.75, 3.05) is 38.2 Å². The number of carbonyl (C=O) groups is 1. The minimum absolute atomic E-state index is 0.0900. The van der Waals surface area contributed by atoms with E-state index in [2.05, 4.69) is 44.9 Å². The molecule has 27 heavy (non-hydrogen) atoms. The first kappa shape index (κ1) is 19.2. The van der Waals surface area contributed by atoms with Gasteiger partial charge in [-0.2, -0.15) is 0 Å². The molecule has 1 fully saturated rings. The molecule has 1 aromatic heterocycles. The third-order valence-corrected chi connectivity index (χ3v) is 5.16. The lowest BCUT2D eigenvalue weighted by Gasteiger charge is -2.43. The van der Waals surface area contributed by atoms with Crippen molar-refractivity contribution in [3.05, 3.63) is 24.3 Å². The zero-order valence-electron chi connectivity index (χ0n) is 16.1. The van der Waals surface area contributed by atoms with Crippen molar-refractivity contribution in [3.8, 4) is 11.4 Å². The van der Waals surface area contributed by atoms with Crippen molar-refractivity contribution >= 4 is 11.7 Å². The molecule has 1 aliphatic heterocycles. The highest BCUT2D eigenvalue weighted by Crippen LogP contribution is 2.21. The number of rotatable bonds is 6. The predicted octanol–water partition coefficient (Wildman–Crippen LogP) is 1.50. The molecule has 9 nitrogen and oxygen atoms in total. The summed E-state index contributed by atoms with van der Waals surface area (Å²) in [5.74, 6) is 0.643. The molecule has 0 bridgehead atoms. The largest absolute Gasteiger partial charge is 0.379 e. The summed E-state index contributed by atoms with van der Waals surface area (Å²) in [7, 11) is 1.78. The first-order valence-electron chi connectivity index (χ1n) is 9.22. The number of nitrogens with one attached hydrogen (secondary N) is 2. The lowest BCUT2D eigenvalue weighted by molar-refractivity contribution is -0.0163. The fourth-order valence-corrected chi connectivity index (χ4v) is 3.22. The molecule has 1 saturated heterocycles. The van der Waals surface area contributed by atoms with E-state index in [0.717, 1.165) is 38.3 Å². The summed E-state index contributed by atoms with van der Waals surface area (Å²) < 4.78 is 7.03. The van der Waals surface area contributed by atoms with E-state index in [9.17, 15) is 4.79 Å². The van der Waals surface area contributed by atoms with Gasteiger partial charge < -0.3 is 15.4 Å². The van der Waals surface area contributed by atoms with Gasteiger partial charge in [-0.25, -0.2) is 9.48 Å². The Morgan fingerprint density at radius 2 is 2.11 bits per heavy atom. The van der Waals surface area contributed by atoms with Crippen LogP contribution in [0.5, 0.6) is 0 Å². The first-order chi connectivity index (χ1) is 13.0. The van der Waals surface area contributed by atoms with E-state index >= 15 is 0 Å². The van der Waals surface area contributed by atoms with Gasteiger partial charge >= 0.3 is 6.03 Å². The second-order valence-corrected chi connectivity index (χ2v) is 6.96. The second kappa shape index (κ2) is 8.45. The number of amides is 2.